The van der Waals surface area contributed by atoms with E-state index in [2.05, 4.69) is 20.9 Å². The fraction of sp³-hybridized carbons (Fsp3) is 0.300. The topological polar surface area (TPSA) is 50.3 Å². The molecule has 4 nitrogen and oxygen atoms in total. The lowest BCUT2D eigenvalue weighted by Gasteiger charge is -2.13. The minimum Gasteiger partial charge on any atom is -0.277 e. The van der Waals surface area contributed by atoms with Crippen molar-refractivity contribution in [3.05, 3.63) is 28.5 Å². The van der Waals surface area contributed by atoms with Gasteiger partial charge in [0.25, 0.3) is 5.91 Å². The van der Waals surface area contributed by atoms with Crippen molar-refractivity contribution >= 4 is 27.7 Å². The monoisotopic (exact) mass is 268 g/mol. The van der Waals surface area contributed by atoms with Crippen LogP contribution in [-0.4, -0.2) is 28.2 Å². The van der Waals surface area contributed by atoms with Crippen LogP contribution in [0.4, 0.5) is 0 Å². The summed E-state index contributed by atoms with van der Waals surface area (Å²) in [5, 5.41) is 0. The summed E-state index contributed by atoms with van der Waals surface area (Å²) >= 11 is 3.24. The molecule has 2 heterocycles. The molecule has 0 N–H and O–H groups in total. The van der Waals surface area contributed by atoms with Crippen molar-refractivity contribution in [1.29, 1.82) is 0 Å². The van der Waals surface area contributed by atoms with E-state index < -0.39 is 0 Å². The van der Waals surface area contributed by atoms with Crippen molar-refractivity contribution < 1.29 is 9.59 Å². The fourth-order valence-electron chi connectivity index (χ4n) is 1.53. The van der Waals surface area contributed by atoms with Gasteiger partial charge in [-0.25, -0.2) is 4.98 Å². The first-order valence-corrected chi connectivity index (χ1v) is 5.44. The van der Waals surface area contributed by atoms with Gasteiger partial charge in [-0.3, -0.25) is 14.5 Å². The van der Waals surface area contributed by atoms with E-state index in [0.29, 0.717) is 23.1 Å². The van der Waals surface area contributed by atoms with Gasteiger partial charge in [0.1, 0.15) is 5.69 Å². The maximum absolute atomic E-state index is 11.9. The number of halogens is 1. The number of nitrogens with zero attached hydrogens (tertiary/aromatic N) is 2. The molecule has 0 atom stereocenters. The summed E-state index contributed by atoms with van der Waals surface area (Å²) in [4.78, 5) is 28.5. The number of hydrogen-bond donors (Lipinski definition) is 0. The third-order valence-corrected chi connectivity index (χ3v) is 2.92. The Balaban J connectivity index is 2.28. The molecule has 0 saturated carbocycles. The SMILES string of the molecule is O=C1CCCN1C(=O)c1ncccc1Br. The maximum Gasteiger partial charge on any atom is 0.280 e. The van der Waals surface area contributed by atoms with Crippen molar-refractivity contribution in [3.8, 4) is 0 Å². The van der Waals surface area contributed by atoms with Crippen LogP contribution >= 0.6 is 15.9 Å². The molecule has 1 fully saturated rings. The standard InChI is InChI=1S/C10H9BrN2O2/c11-7-3-1-5-12-9(7)10(15)13-6-2-4-8(13)14/h1,3,5H,2,4,6H2. The zero-order valence-corrected chi connectivity index (χ0v) is 9.53. The number of carbonyl (C=O) groups excluding carboxylic acids is 2. The highest BCUT2D eigenvalue weighted by molar-refractivity contribution is 9.10. The molecule has 1 aliphatic heterocycles. The molecule has 2 rings (SSSR count). The summed E-state index contributed by atoms with van der Waals surface area (Å²) < 4.78 is 0.620. The Hall–Kier alpha value is -1.23. The zero-order valence-electron chi connectivity index (χ0n) is 7.94. The van der Waals surface area contributed by atoms with Crippen LogP contribution in [0.2, 0.25) is 0 Å². The first-order valence-electron chi connectivity index (χ1n) is 4.65. The molecule has 0 unspecified atom stereocenters. The molecule has 1 aliphatic rings. The van der Waals surface area contributed by atoms with Gasteiger partial charge in [0.05, 0.1) is 0 Å². The Labute approximate surface area is 95.4 Å². The van der Waals surface area contributed by atoms with Crippen molar-refractivity contribution in [2.45, 2.75) is 12.8 Å². The summed E-state index contributed by atoms with van der Waals surface area (Å²) in [5.74, 6) is -0.428. The molecule has 0 aromatic carbocycles. The molecule has 2 amide bonds. The van der Waals surface area contributed by atoms with Crippen LogP contribution < -0.4 is 0 Å². The Morgan fingerprint density at radius 3 is 2.93 bits per heavy atom. The third kappa shape index (κ3) is 1.92. The second-order valence-corrected chi connectivity index (χ2v) is 4.14. The van der Waals surface area contributed by atoms with Crippen LogP contribution in [0.1, 0.15) is 23.3 Å². The molecule has 0 bridgehead atoms. The molecule has 0 spiro atoms. The summed E-state index contributed by atoms with van der Waals surface area (Å²) in [5.41, 5.74) is 0.299. The van der Waals surface area contributed by atoms with Crippen LogP contribution in [0.15, 0.2) is 22.8 Å². The highest BCUT2D eigenvalue weighted by atomic mass is 79.9. The fourth-order valence-corrected chi connectivity index (χ4v) is 1.96. The Kier molecular flexibility index (Phi) is 2.81. The lowest BCUT2D eigenvalue weighted by molar-refractivity contribution is -0.125. The van der Waals surface area contributed by atoms with E-state index in [9.17, 15) is 9.59 Å². The number of aromatic nitrogens is 1. The van der Waals surface area contributed by atoms with Crippen molar-refractivity contribution in [2.75, 3.05) is 6.54 Å². The number of hydrogen-bond acceptors (Lipinski definition) is 3. The van der Waals surface area contributed by atoms with E-state index in [-0.39, 0.29) is 11.8 Å². The van der Waals surface area contributed by atoms with Gasteiger partial charge in [0, 0.05) is 23.6 Å². The molecule has 5 heteroatoms. The van der Waals surface area contributed by atoms with E-state index in [0.717, 1.165) is 6.42 Å². The van der Waals surface area contributed by atoms with Gasteiger partial charge >= 0.3 is 0 Å². The molecule has 0 aliphatic carbocycles. The highest BCUT2D eigenvalue weighted by Crippen LogP contribution is 2.18. The van der Waals surface area contributed by atoms with E-state index >= 15 is 0 Å². The van der Waals surface area contributed by atoms with Crippen molar-refractivity contribution in [3.63, 3.8) is 0 Å². The average molecular weight is 269 g/mol. The smallest absolute Gasteiger partial charge is 0.277 e. The zero-order chi connectivity index (χ0) is 10.8. The van der Waals surface area contributed by atoms with Gasteiger partial charge in [-0.2, -0.15) is 0 Å². The second kappa shape index (κ2) is 4.10. The quantitative estimate of drug-likeness (QED) is 0.728. The largest absolute Gasteiger partial charge is 0.280 e. The van der Waals surface area contributed by atoms with Crippen molar-refractivity contribution in [2.24, 2.45) is 0 Å². The minimum atomic E-state index is -0.315. The van der Waals surface area contributed by atoms with E-state index in [1.54, 1.807) is 18.3 Å². The number of likely N-dealkylation sites (tertiary alicyclic amines) is 1. The molecular formula is C10H9BrN2O2. The van der Waals surface area contributed by atoms with Crippen molar-refractivity contribution in [1.82, 2.24) is 9.88 Å². The lowest BCUT2D eigenvalue weighted by Crippen LogP contribution is -2.32. The normalized spacial score (nSPS) is 15.8. The van der Waals surface area contributed by atoms with Gasteiger partial charge in [-0.1, -0.05) is 0 Å². The van der Waals surface area contributed by atoms with Crippen LogP contribution in [0, 0.1) is 0 Å². The third-order valence-electron chi connectivity index (χ3n) is 2.28. The maximum atomic E-state index is 11.9. The number of imide groups is 1. The Morgan fingerprint density at radius 2 is 2.33 bits per heavy atom. The van der Waals surface area contributed by atoms with E-state index in [1.165, 1.54) is 4.90 Å². The molecular weight excluding hydrogens is 260 g/mol. The van der Waals surface area contributed by atoms with E-state index in [1.807, 2.05) is 0 Å². The first kappa shape index (κ1) is 10.3. The summed E-state index contributed by atoms with van der Waals surface area (Å²) in [6.07, 6.45) is 2.74. The number of rotatable bonds is 1. The predicted molar refractivity (Wildman–Crippen MR) is 57.2 cm³/mol. The molecule has 78 valence electrons. The van der Waals surface area contributed by atoms with Gasteiger partial charge in [0.2, 0.25) is 5.91 Å². The van der Waals surface area contributed by atoms with Crippen LogP contribution in [0.3, 0.4) is 0 Å². The highest BCUT2D eigenvalue weighted by Gasteiger charge is 2.28. The first-order chi connectivity index (χ1) is 7.20. The number of pyridine rings is 1. The molecule has 1 aromatic rings. The Morgan fingerprint density at radius 1 is 1.53 bits per heavy atom. The lowest BCUT2D eigenvalue weighted by atomic mass is 10.3. The van der Waals surface area contributed by atoms with Crippen LogP contribution in [0.5, 0.6) is 0 Å². The van der Waals surface area contributed by atoms with Gasteiger partial charge < -0.3 is 0 Å². The summed E-state index contributed by atoms with van der Waals surface area (Å²) in [6, 6.07) is 3.47. The molecule has 15 heavy (non-hydrogen) atoms. The summed E-state index contributed by atoms with van der Waals surface area (Å²) in [6.45, 7) is 0.501. The molecule has 0 radical (unpaired) electrons. The second-order valence-electron chi connectivity index (χ2n) is 3.29. The Bertz CT molecular complexity index is 420. The van der Waals surface area contributed by atoms with Crippen LogP contribution in [-0.2, 0) is 4.79 Å². The predicted octanol–water partition coefficient (Wildman–Crippen LogP) is 1.61. The average Bonchev–Trinajstić information content (AvgIpc) is 2.64. The van der Waals surface area contributed by atoms with E-state index in [4.69, 9.17) is 0 Å². The minimum absolute atomic E-state index is 0.113. The van der Waals surface area contributed by atoms with Crippen LogP contribution in [0.25, 0.3) is 0 Å². The van der Waals surface area contributed by atoms with Gasteiger partial charge in [-0.05, 0) is 34.5 Å². The number of amides is 2. The summed E-state index contributed by atoms with van der Waals surface area (Å²) in [7, 11) is 0. The molecule has 1 aromatic heterocycles. The van der Waals surface area contributed by atoms with Gasteiger partial charge in [-0.15, -0.1) is 0 Å². The number of carbonyl (C=O) groups is 2. The van der Waals surface area contributed by atoms with Gasteiger partial charge in [0.15, 0.2) is 0 Å². The molecule has 1 saturated heterocycles.